The standard InChI is InChI=1S/C12H22N4O/c1-3-13-9-11-14-15-12(17-11)16-8-6-4-5-7-10(16)2/h10,13H,3-9H2,1-2H3. The second-order valence-electron chi connectivity index (χ2n) is 4.65. The lowest BCUT2D eigenvalue weighted by Gasteiger charge is -2.24. The number of nitrogens with zero attached hydrogens (tertiary/aromatic N) is 3. The number of anilines is 1. The Labute approximate surface area is 103 Å². The molecule has 0 aromatic carbocycles. The minimum Gasteiger partial charge on any atom is -0.407 e. The fourth-order valence-electron chi connectivity index (χ4n) is 2.22. The Morgan fingerprint density at radius 2 is 2.24 bits per heavy atom. The van der Waals surface area contributed by atoms with Gasteiger partial charge in [0.05, 0.1) is 6.54 Å². The van der Waals surface area contributed by atoms with E-state index >= 15 is 0 Å². The lowest BCUT2D eigenvalue weighted by Crippen LogP contribution is -2.32. The Morgan fingerprint density at radius 3 is 3.06 bits per heavy atom. The summed E-state index contributed by atoms with van der Waals surface area (Å²) in [5, 5.41) is 11.4. The SMILES string of the molecule is CCNCc1nnc(N2CCCCCC2C)o1. The molecule has 1 aliphatic heterocycles. The predicted molar refractivity (Wildman–Crippen MR) is 67.0 cm³/mol. The first-order chi connectivity index (χ1) is 8.31. The van der Waals surface area contributed by atoms with E-state index in [-0.39, 0.29) is 0 Å². The minimum absolute atomic E-state index is 0.505. The van der Waals surface area contributed by atoms with Crippen LogP contribution in [0, 0.1) is 0 Å². The molecular weight excluding hydrogens is 216 g/mol. The van der Waals surface area contributed by atoms with E-state index in [1.54, 1.807) is 0 Å². The molecule has 5 heteroatoms. The largest absolute Gasteiger partial charge is 0.407 e. The number of rotatable bonds is 4. The predicted octanol–water partition coefficient (Wildman–Crippen LogP) is 1.95. The molecule has 0 aliphatic carbocycles. The van der Waals surface area contributed by atoms with E-state index < -0.39 is 0 Å². The minimum atomic E-state index is 0.505. The molecule has 1 saturated heterocycles. The van der Waals surface area contributed by atoms with Crippen molar-refractivity contribution in [3.63, 3.8) is 0 Å². The van der Waals surface area contributed by atoms with Crippen molar-refractivity contribution in [2.75, 3.05) is 18.0 Å². The second-order valence-corrected chi connectivity index (χ2v) is 4.65. The van der Waals surface area contributed by atoms with Gasteiger partial charge >= 0.3 is 6.01 Å². The smallest absolute Gasteiger partial charge is 0.318 e. The second kappa shape index (κ2) is 6.00. The molecule has 0 amide bonds. The van der Waals surface area contributed by atoms with Gasteiger partial charge in [-0.3, -0.25) is 0 Å². The first-order valence-corrected chi connectivity index (χ1v) is 6.61. The number of aromatic nitrogens is 2. The molecule has 1 fully saturated rings. The van der Waals surface area contributed by atoms with E-state index in [4.69, 9.17) is 4.42 Å². The van der Waals surface area contributed by atoms with Crippen LogP contribution in [0.3, 0.4) is 0 Å². The van der Waals surface area contributed by atoms with Crippen LogP contribution in [-0.2, 0) is 6.54 Å². The van der Waals surface area contributed by atoms with E-state index in [2.05, 4.69) is 34.3 Å². The van der Waals surface area contributed by atoms with Crippen LogP contribution in [0.5, 0.6) is 0 Å². The molecule has 17 heavy (non-hydrogen) atoms. The quantitative estimate of drug-likeness (QED) is 0.869. The van der Waals surface area contributed by atoms with Gasteiger partial charge in [0.1, 0.15) is 0 Å². The van der Waals surface area contributed by atoms with Gasteiger partial charge in [-0.1, -0.05) is 24.9 Å². The van der Waals surface area contributed by atoms with E-state index in [0.29, 0.717) is 24.5 Å². The van der Waals surface area contributed by atoms with Gasteiger partial charge in [0.2, 0.25) is 5.89 Å². The molecule has 2 rings (SSSR count). The molecule has 1 aromatic rings. The molecule has 0 radical (unpaired) electrons. The lowest BCUT2D eigenvalue weighted by molar-refractivity contribution is 0.451. The maximum atomic E-state index is 5.69. The summed E-state index contributed by atoms with van der Waals surface area (Å²) in [5.41, 5.74) is 0. The van der Waals surface area contributed by atoms with Crippen molar-refractivity contribution in [1.82, 2.24) is 15.5 Å². The van der Waals surface area contributed by atoms with E-state index in [1.807, 2.05) is 0 Å². The van der Waals surface area contributed by atoms with Crippen LogP contribution < -0.4 is 10.2 Å². The van der Waals surface area contributed by atoms with Gasteiger partial charge in [-0.05, 0) is 26.3 Å². The fourth-order valence-corrected chi connectivity index (χ4v) is 2.22. The lowest BCUT2D eigenvalue weighted by atomic mass is 10.1. The molecular formula is C12H22N4O. The van der Waals surface area contributed by atoms with Crippen molar-refractivity contribution in [2.45, 2.75) is 52.1 Å². The molecule has 1 aliphatic rings. The number of hydrogen-bond acceptors (Lipinski definition) is 5. The fraction of sp³-hybridized carbons (Fsp3) is 0.833. The third-order valence-corrected chi connectivity index (χ3v) is 3.28. The van der Waals surface area contributed by atoms with Crippen LogP contribution >= 0.6 is 0 Å². The van der Waals surface area contributed by atoms with Crippen LogP contribution in [-0.4, -0.2) is 29.3 Å². The Hall–Kier alpha value is -1.10. The highest BCUT2D eigenvalue weighted by Gasteiger charge is 2.21. The average molecular weight is 238 g/mol. The van der Waals surface area contributed by atoms with Crippen LogP contribution in [0.15, 0.2) is 4.42 Å². The zero-order valence-corrected chi connectivity index (χ0v) is 10.8. The molecule has 1 unspecified atom stereocenters. The van der Waals surface area contributed by atoms with E-state index in [0.717, 1.165) is 13.1 Å². The molecule has 0 bridgehead atoms. The van der Waals surface area contributed by atoms with Crippen molar-refractivity contribution in [2.24, 2.45) is 0 Å². The molecule has 5 nitrogen and oxygen atoms in total. The van der Waals surface area contributed by atoms with Gasteiger partial charge in [0.15, 0.2) is 0 Å². The van der Waals surface area contributed by atoms with Crippen LogP contribution in [0.25, 0.3) is 0 Å². The monoisotopic (exact) mass is 238 g/mol. The van der Waals surface area contributed by atoms with Crippen molar-refractivity contribution in [3.8, 4) is 0 Å². The Kier molecular flexibility index (Phi) is 4.36. The van der Waals surface area contributed by atoms with Gasteiger partial charge in [-0.25, -0.2) is 0 Å². The third kappa shape index (κ3) is 3.19. The first-order valence-electron chi connectivity index (χ1n) is 6.61. The Bertz CT molecular complexity index is 339. The first kappa shape index (κ1) is 12.4. The van der Waals surface area contributed by atoms with Crippen molar-refractivity contribution < 1.29 is 4.42 Å². The zero-order valence-electron chi connectivity index (χ0n) is 10.8. The summed E-state index contributed by atoms with van der Waals surface area (Å²) in [6.45, 7) is 6.90. The summed E-state index contributed by atoms with van der Waals surface area (Å²) in [6, 6.07) is 1.19. The molecule has 96 valence electrons. The summed E-state index contributed by atoms with van der Waals surface area (Å²) >= 11 is 0. The summed E-state index contributed by atoms with van der Waals surface area (Å²) in [4.78, 5) is 2.25. The molecule has 2 heterocycles. The van der Waals surface area contributed by atoms with Gasteiger partial charge in [-0.15, -0.1) is 5.10 Å². The molecule has 0 saturated carbocycles. The van der Waals surface area contributed by atoms with E-state index in [9.17, 15) is 0 Å². The third-order valence-electron chi connectivity index (χ3n) is 3.28. The van der Waals surface area contributed by atoms with E-state index in [1.165, 1.54) is 25.7 Å². The maximum Gasteiger partial charge on any atom is 0.318 e. The maximum absolute atomic E-state index is 5.69. The Morgan fingerprint density at radius 1 is 1.35 bits per heavy atom. The molecule has 1 aromatic heterocycles. The summed E-state index contributed by atoms with van der Waals surface area (Å²) in [5.74, 6) is 0.679. The zero-order chi connectivity index (χ0) is 12.1. The highest BCUT2D eigenvalue weighted by atomic mass is 16.4. The molecule has 1 N–H and O–H groups in total. The molecule has 1 atom stereocenters. The summed E-state index contributed by atoms with van der Waals surface area (Å²) < 4.78 is 5.69. The van der Waals surface area contributed by atoms with Crippen LogP contribution in [0.2, 0.25) is 0 Å². The van der Waals surface area contributed by atoms with Crippen molar-refractivity contribution in [1.29, 1.82) is 0 Å². The van der Waals surface area contributed by atoms with Crippen LogP contribution in [0.1, 0.15) is 45.4 Å². The average Bonchev–Trinajstić information content (AvgIpc) is 2.69. The topological polar surface area (TPSA) is 54.2 Å². The van der Waals surface area contributed by atoms with Crippen molar-refractivity contribution in [3.05, 3.63) is 5.89 Å². The highest BCUT2D eigenvalue weighted by Crippen LogP contribution is 2.22. The summed E-state index contributed by atoms with van der Waals surface area (Å²) in [6.07, 6.45) is 5.04. The van der Waals surface area contributed by atoms with Gasteiger partial charge in [0, 0.05) is 12.6 Å². The normalized spacial score (nSPS) is 21.5. The van der Waals surface area contributed by atoms with Gasteiger partial charge in [0.25, 0.3) is 0 Å². The number of hydrogen-bond donors (Lipinski definition) is 1. The van der Waals surface area contributed by atoms with Crippen molar-refractivity contribution >= 4 is 6.01 Å². The van der Waals surface area contributed by atoms with Crippen LogP contribution in [0.4, 0.5) is 6.01 Å². The molecule has 0 spiro atoms. The van der Waals surface area contributed by atoms with Gasteiger partial charge < -0.3 is 14.6 Å². The number of nitrogens with one attached hydrogen (secondary N) is 1. The highest BCUT2D eigenvalue weighted by molar-refractivity contribution is 5.26. The van der Waals surface area contributed by atoms with Gasteiger partial charge in [-0.2, -0.15) is 0 Å². The Balaban J connectivity index is 2.01. The summed E-state index contributed by atoms with van der Waals surface area (Å²) in [7, 11) is 0.